The summed E-state index contributed by atoms with van der Waals surface area (Å²) in [5.41, 5.74) is 6.14. The van der Waals surface area contributed by atoms with Crippen molar-refractivity contribution in [2.75, 3.05) is 5.32 Å². The maximum atomic E-state index is 13.3. The van der Waals surface area contributed by atoms with E-state index in [9.17, 15) is 14.3 Å². The molecule has 2 aromatic carbocycles. The van der Waals surface area contributed by atoms with Crippen LogP contribution >= 0.6 is 27.5 Å². The Kier molecular flexibility index (Phi) is 4.69. The molecule has 0 saturated heterocycles. The minimum Gasteiger partial charge on any atom is -0.508 e. The zero-order chi connectivity index (χ0) is 15.6. The SMILES string of the molecule is NC(=O)C(Nc1ccc(Cl)c(Br)c1)c1cc(O)cc(F)c1. The summed E-state index contributed by atoms with van der Waals surface area (Å²) in [4.78, 5) is 11.6. The van der Waals surface area contributed by atoms with Gasteiger partial charge in [-0.3, -0.25) is 4.79 Å². The second kappa shape index (κ2) is 6.32. The molecule has 4 N–H and O–H groups in total. The number of aromatic hydroxyl groups is 1. The van der Waals surface area contributed by atoms with Gasteiger partial charge in [0.05, 0.1) is 5.02 Å². The molecular formula is C14H11BrClFN2O2. The Hall–Kier alpha value is -1.79. The summed E-state index contributed by atoms with van der Waals surface area (Å²) >= 11 is 9.15. The van der Waals surface area contributed by atoms with Gasteiger partial charge in [0.2, 0.25) is 5.91 Å². The number of hydrogen-bond donors (Lipinski definition) is 3. The number of carbonyl (C=O) groups excluding carboxylic acids is 1. The first-order valence-corrected chi connectivity index (χ1v) is 7.04. The van der Waals surface area contributed by atoms with Gasteiger partial charge >= 0.3 is 0 Å². The van der Waals surface area contributed by atoms with E-state index in [0.29, 0.717) is 15.2 Å². The van der Waals surface area contributed by atoms with Crippen molar-refractivity contribution in [2.45, 2.75) is 6.04 Å². The summed E-state index contributed by atoms with van der Waals surface area (Å²) in [7, 11) is 0. The molecule has 0 fully saturated rings. The van der Waals surface area contributed by atoms with E-state index >= 15 is 0 Å². The van der Waals surface area contributed by atoms with Gasteiger partial charge < -0.3 is 16.2 Å². The van der Waals surface area contributed by atoms with Gasteiger partial charge in [0.1, 0.15) is 17.6 Å². The molecule has 0 spiro atoms. The van der Waals surface area contributed by atoms with Crippen molar-refractivity contribution in [1.29, 1.82) is 0 Å². The zero-order valence-corrected chi connectivity index (χ0v) is 13.0. The summed E-state index contributed by atoms with van der Waals surface area (Å²) < 4.78 is 14.0. The highest BCUT2D eigenvalue weighted by atomic mass is 79.9. The van der Waals surface area contributed by atoms with Gasteiger partial charge in [-0.25, -0.2) is 4.39 Å². The topological polar surface area (TPSA) is 75.4 Å². The van der Waals surface area contributed by atoms with Crippen LogP contribution in [-0.2, 0) is 4.79 Å². The number of nitrogens with one attached hydrogen (secondary N) is 1. The smallest absolute Gasteiger partial charge is 0.244 e. The number of benzene rings is 2. The fourth-order valence-corrected chi connectivity index (χ4v) is 2.33. The largest absolute Gasteiger partial charge is 0.508 e. The Morgan fingerprint density at radius 3 is 2.62 bits per heavy atom. The molecule has 0 radical (unpaired) electrons. The first-order valence-electron chi connectivity index (χ1n) is 5.87. The Morgan fingerprint density at radius 1 is 1.33 bits per heavy atom. The predicted molar refractivity (Wildman–Crippen MR) is 82.8 cm³/mol. The third kappa shape index (κ3) is 3.86. The molecule has 0 aromatic heterocycles. The van der Waals surface area contributed by atoms with Crippen LogP contribution in [0.15, 0.2) is 40.9 Å². The van der Waals surface area contributed by atoms with Crippen LogP contribution in [0.5, 0.6) is 5.75 Å². The zero-order valence-electron chi connectivity index (χ0n) is 10.6. The maximum Gasteiger partial charge on any atom is 0.244 e. The van der Waals surface area contributed by atoms with Crippen molar-refractivity contribution >= 4 is 39.1 Å². The van der Waals surface area contributed by atoms with Gasteiger partial charge in [-0.2, -0.15) is 0 Å². The minimum atomic E-state index is -0.986. The summed E-state index contributed by atoms with van der Waals surface area (Å²) in [5, 5.41) is 12.8. The lowest BCUT2D eigenvalue weighted by Crippen LogP contribution is -2.27. The first kappa shape index (κ1) is 15.6. The highest BCUT2D eigenvalue weighted by molar-refractivity contribution is 9.10. The minimum absolute atomic E-state index is 0.228. The molecular weight excluding hydrogens is 363 g/mol. The summed E-state index contributed by atoms with van der Waals surface area (Å²) in [6.45, 7) is 0. The third-order valence-corrected chi connectivity index (χ3v) is 3.97. The Bertz CT molecular complexity index is 676. The Labute approximate surface area is 133 Å². The number of halogens is 3. The number of primary amides is 1. The van der Waals surface area contributed by atoms with Crippen molar-refractivity contribution in [3.05, 3.63) is 57.3 Å². The molecule has 21 heavy (non-hydrogen) atoms. The molecule has 1 atom stereocenters. The predicted octanol–water partition coefficient (Wildman–Crippen LogP) is 3.59. The van der Waals surface area contributed by atoms with Gasteiger partial charge in [-0.05, 0) is 51.8 Å². The summed E-state index contributed by atoms with van der Waals surface area (Å²) in [6, 6.07) is 7.32. The molecule has 0 bridgehead atoms. The average molecular weight is 374 g/mol. The number of carbonyl (C=O) groups is 1. The van der Waals surface area contributed by atoms with E-state index < -0.39 is 17.8 Å². The lowest BCUT2D eigenvalue weighted by Gasteiger charge is -2.18. The van der Waals surface area contributed by atoms with E-state index in [1.165, 1.54) is 6.07 Å². The van der Waals surface area contributed by atoms with Gasteiger partial charge in [-0.15, -0.1) is 0 Å². The van der Waals surface area contributed by atoms with Crippen molar-refractivity contribution in [3.63, 3.8) is 0 Å². The van der Waals surface area contributed by atoms with Gasteiger partial charge in [0, 0.05) is 16.2 Å². The van der Waals surface area contributed by atoms with Crippen molar-refractivity contribution < 1.29 is 14.3 Å². The Balaban J connectivity index is 2.35. The van der Waals surface area contributed by atoms with Gasteiger partial charge in [-0.1, -0.05) is 11.6 Å². The van der Waals surface area contributed by atoms with Crippen LogP contribution < -0.4 is 11.1 Å². The third-order valence-electron chi connectivity index (χ3n) is 2.75. The van der Waals surface area contributed by atoms with Gasteiger partial charge in [0.25, 0.3) is 0 Å². The molecule has 2 aromatic rings. The fraction of sp³-hybridized carbons (Fsp3) is 0.0714. The number of anilines is 1. The molecule has 0 aliphatic rings. The number of phenolic OH excluding ortho intramolecular Hbond substituents is 1. The van der Waals surface area contributed by atoms with E-state index in [2.05, 4.69) is 21.2 Å². The highest BCUT2D eigenvalue weighted by Crippen LogP contribution is 2.29. The van der Waals surface area contributed by atoms with Crippen molar-refractivity contribution in [2.24, 2.45) is 5.73 Å². The number of hydrogen-bond acceptors (Lipinski definition) is 3. The maximum absolute atomic E-state index is 13.3. The van der Waals surface area contributed by atoms with Crippen LogP contribution in [0.4, 0.5) is 10.1 Å². The lowest BCUT2D eigenvalue weighted by molar-refractivity contribution is -0.118. The molecule has 1 unspecified atom stereocenters. The van der Waals surface area contributed by atoms with E-state index in [-0.39, 0.29) is 11.3 Å². The molecule has 110 valence electrons. The summed E-state index contributed by atoms with van der Waals surface area (Å²) in [5.74, 6) is -1.64. The number of amides is 1. The Morgan fingerprint density at radius 2 is 2.05 bits per heavy atom. The fourth-order valence-electron chi connectivity index (χ4n) is 1.83. The number of nitrogens with two attached hydrogens (primary N) is 1. The molecule has 4 nitrogen and oxygen atoms in total. The molecule has 7 heteroatoms. The molecule has 0 aliphatic heterocycles. The monoisotopic (exact) mass is 372 g/mol. The van der Waals surface area contributed by atoms with Crippen molar-refractivity contribution in [3.8, 4) is 5.75 Å². The number of phenols is 1. The van der Waals surface area contributed by atoms with Crippen molar-refractivity contribution in [1.82, 2.24) is 0 Å². The molecule has 0 aliphatic carbocycles. The van der Waals surface area contributed by atoms with Gasteiger partial charge in [0.15, 0.2) is 0 Å². The van der Waals surface area contributed by atoms with Crippen LogP contribution in [0.25, 0.3) is 0 Å². The van der Waals surface area contributed by atoms with Crippen LogP contribution in [0.3, 0.4) is 0 Å². The van der Waals surface area contributed by atoms with E-state index in [1.807, 2.05) is 0 Å². The second-order valence-corrected chi connectivity index (χ2v) is 5.61. The normalized spacial score (nSPS) is 12.0. The molecule has 0 saturated carbocycles. The van der Waals surface area contributed by atoms with E-state index in [1.54, 1.807) is 18.2 Å². The van der Waals surface area contributed by atoms with Crippen LogP contribution in [0.1, 0.15) is 11.6 Å². The molecule has 0 heterocycles. The average Bonchev–Trinajstić information content (AvgIpc) is 2.38. The van der Waals surface area contributed by atoms with E-state index in [4.69, 9.17) is 17.3 Å². The second-order valence-electron chi connectivity index (χ2n) is 4.35. The van der Waals surface area contributed by atoms with Crippen LogP contribution in [0, 0.1) is 5.82 Å². The lowest BCUT2D eigenvalue weighted by atomic mass is 10.1. The summed E-state index contributed by atoms with van der Waals surface area (Å²) in [6.07, 6.45) is 0. The van der Waals surface area contributed by atoms with E-state index in [0.717, 1.165) is 12.1 Å². The first-order chi connectivity index (χ1) is 9.86. The standard InChI is InChI=1S/C14H11BrClFN2O2/c15-11-6-9(1-2-12(11)16)19-13(14(18)21)7-3-8(17)5-10(20)4-7/h1-6,13,19-20H,(H2,18,21). The van der Waals surface area contributed by atoms with Crippen LogP contribution in [0.2, 0.25) is 5.02 Å². The highest BCUT2D eigenvalue weighted by Gasteiger charge is 2.19. The molecule has 2 rings (SSSR count). The van der Waals surface area contributed by atoms with Crippen LogP contribution in [-0.4, -0.2) is 11.0 Å². The number of rotatable bonds is 4. The quantitative estimate of drug-likeness (QED) is 0.767. The molecule has 1 amide bonds.